The summed E-state index contributed by atoms with van der Waals surface area (Å²) in [5.41, 5.74) is 1.95. The molecule has 2 amide bonds. The molecule has 1 aromatic heterocycles. The van der Waals surface area contributed by atoms with Crippen LogP contribution in [-0.4, -0.2) is 35.8 Å². The fraction of sp³-hybridized carbons (Fsp3) is 0.280. The van der Waals surface area contributed by atoms with Crippen LogP contribution in [0.25, 0.3) is 11.3 Å². The van der Waals surface area contributed by atoms with E-state index in [1.807, 2.05) is 31.2 Å². The highest BCUT2D eigenvalue weighted by atomic mass is 35.5. The van der Waals surface area contributed by atoms with E-state index in [9.17, 15) is 14.4 Å². The molecule has 0 aliphatic rings. The van der Waals surface area contributed by atoms with Gasteiger partial charge in [0.05, 0.1) is 30.6 Å². The number of amides is 2. The van der Waals surface area contributed by atoms with Gasteiger partial charge in [0.15, 0.2) is 0 Å². The third-order valence-corrected chi connectivity index (χ3v) is 5.65. The molecule has 0 saturated carbocycles. The Hall–Kier alpha value is -3.85. The second-order valence-electron chi connectivity index (χ2n) is 7.81. The van der Waals surface area contributed by atoms with Gasteiger partial charge in [0, 0.05) is 18.1 Å². The molecule has 1 heterocycles. The molecular weight excluding hydrogens is 472 g/mol. The first kappa shape index (κ1) is 25.8. The average molecular weight is 499 g/mol. The lowest BCUT2D eigenvalue weighted by atomic mass is 10.1. The van der Waals surface area contributed by atoms with Crippen LogP contribution in [0.15, 0.2) is 47.3 Å². The van der Waals surface area contributed by atoms with Crippen LogP contribution in [0.2, 0.25) is 5.02 Å². The van der Waals surface area contributed by atoms with Crippen molar-refractivity contribution in [2.75, 3.05) is 24.9 Å². The smallest absolute Gasteiger partial charge is 0.291 e. The van der Waals surface area contributed by atoms with E-state index in [0.29, 0.717) is 22.9 Å². The lowest BCUT2D eigenvalue weighted by Gasteiger charge is -2.18. The summed E-state index contributed by atoms with van der Waals surface area (Å²) < 4.78 is 11.6. The van der Waals surface area contributed by atoms with Gasteiger partial charge in [-0.1, -0.05) is 48.4 Å². The molecule has 1 atom stereocenters. The van der Waals surface area contributed by atoms with E-state index in [1.165, 1.54) is 33.3 Å². The van der Waals surface area contributed by atoms with Crippen LogP contribution < -0.4 is 25.7 Å². The summed E-state index contributed by atoms with van der Waals surface area (Å²) in [6, 6.07) is 11.0. The number of carbonyl (C=O) groups is 2. The van der Waals surface area contributed by atoms with Crippen LogP contribution in [0.1, 0.15) is 31.9 Å². The summed E-state index contributed by atoms with van der Waals surface area (Å²) in [6.07, 6.45) is 0.190. The third kappa shape index (κ3) is 5.81. The zero-order valence-corrected chi connectivity index (χ0v) is 20.9. The van der Waals surface area contributed by atoms with Crippen molar-refractivity contribution in [3.63, 3.8) is 0 Å². The second-order valence-corrected chi connectivity index (χ2v) is 8.22. The molecule has 0 fully saturated rings. The fourth-order valence-corrected chi connectivity index (χ4v) is 3.52. The Morgan fingerprint density at radius 2 is 1.69 bits per heavy atom. The standard InChI is InChI=1S/C25H27ClN4O5/c1-6-23(31)27-20-12-18(16-9-7-14(2)8-10-16)29-30(25(20)33)15(3)24(32)28-19-11-17(26)21(34-4)13-22(19)35-5/h7-13,15H,6H2,1-5H3,(H,27,31)(H,28,32)/t15-/m1/s1. The summed E-state index contributed by atoms with van der Waals surface area (Å²) in [6.45, 7) is 5.17. The van der Waals surface area contributed by atoms with Crippen LogP contribution in [0.4, 0.5) is 11.4 Å². The molecular formula is C25H27ClN4O5. The van der Waals surface area contributed by atoms with E-state index >= 15 is 0 Å². The number of anilines is 2. The zero-order chi connectivity index (χ0) is 25.7. The summed E-state index contributed by atoms with van der Waals surface area (Å²) in [5.74, 6) is -0.150. The normalized spacial score (nSPS) is 11.5. The van der Waals surface area contributed by atoms with Crippen LogP contribution in [-0.2, 0) is 9.59 Å². The van der Waals surface area contributed by atoms with Crippen molar-refractivity contribution in [2.45, 2.75) is 33.2 Å². The lowest BCUT2D eigenvalue weighted by Crippen LogP contribution is -2.35. The highest BCUT2D eigenvalue weighted by molar-refractivity contribution is 6.32. The minimum absolute atomic E-state index is 0.0344. The number of aromatic nitrogens is 2. The monoisotopic (exact) mass is 498 g/mol. The summed E-state index contributed by atoms with van der Waals surface area (Å²) in [4.78, 5) is 38.4. The molecule has 0 saturated heterocycles. The van der Waals surface area contributed by atoms with E-state index < -0.39 is 17.5 Å². The molecule has 3 aromatic rings. The molecule has 2 N–H and O–H groups in total. The molecule has 0 unspecified atom stereocenters. The maximum absolute atomic E-state index is 13.2. The number of hydrogen-bond donors (Lipinski definition) is 2. The van der Waals surface area contributed by atoms with Crippen molar-refractivity contribution in [1.82, 2.24) is 9.78 Å². The molecule has 0 spiro atoms. The van der Waals surface area contributed by atoms with Crippen molar-refractivity contribution < 1.29 is 19.1 Å². The molecule has 184 valence electrons. The first-order valence-electron chi connectivity index (χ1n) is 10.9. The molecule has 10 heteroatoms. The Kier molecular flexibility index (Phi) is 8.14. The predicted molar refractivity (Wildman–Crippen MR) is 135 cm³/mol. The van der Waals surface area contributed by atoms with Crippen molar-refractivity contribution in [3.05, 3.63) is 63.4 Å². The van der Waals surface area contributed by atoms with Crippen molar-refractivity contribution >= 4 is 34.8 Å². The van der Waals surface area contributed by atoms with E-state index in [-0.39, 0.29) is 23.0 Å². The van der Waals surface area contributed by atoms with Gasteiger partial charge in [-0.05, 0) is 26.0 Å². The van der Waals surface area contributed by atoms with Crippen molar-refractivity contribution in [3.8, 4) is 22.8 Å². The van der Waals surface area contributed by atoms with E-state index in [0.717, 1.165) is 15.8 Å². The fourth-order valence-electron chi connectivity index (χ4n) is 3.27. The first-order valence-corrected chi connectivity index (χ1v) is 11.3. The molecule has 35 heavy (non-hydrogen) atoms. The Labute approximate surface area is 208 Å². The number of ether oxygens (including phenoxy) is 2. The van der Waals surface area contributed by atoms with Crippen molar-refractivity contribution in [1.29, 1.82) is 0 Å². The number of benzene rings is 2. The maximum Gasteiger partial charge on any atom is 0.291 e. The molecule has 9 nitrogen and oxygen atoms in total. The largest absolute Gasteiger partial charge is 0.495 e. The highest BCUT2D eigenvalue weighted by Gasteiger charge is 2.23. The Balaban J connectivity index is 2.03. The molecule has 0 bridgehead atoms. The Bertz CT molecular complexity index is 1300. The number of nitrogens with zero attached hydrogens (tertiary/aromatic N) is 2. The number of nitrogens with one attached hydrogen (secondary N) is 2. The Morgan fingerprint density at radius 1 is 1.03 bits per heavy atom. The minimum atomic E-state index is -1.03. The summed E-state index contributed by atoms with van der Waals surface area (Å²) in [7, 11) is 2.91. The molecule has 3 rings (SSSR count). The van der Waals surface area contributed by atoms with Gasteiger partial charge in [0.2, 0.25) is 11.8 Å². The average Bonchev–Trinajstić information content (AvgIpc) is 2.85. The summed E-state index contributed by atoms with van der Waals surface area (Å²) >= 11 is 6.21. The van der Waals surface area contributed by atoms with Gasteiger partial charge in [-0.25, -0.2) is 4.68 Å². The first-order chi connectivity index (χ1) is 16.7. The lowest BCUT2D eigenvalue weighted by molar-refractivity contribution is -0.119. The van der Waals surface area contributed by atoms with E-state index in [4.69, 9.17) is 21.1 Å². The van der Waals surface area contributed by atoms with Gasteiger partial charge in [0.1, 0.15) is 23.2 Å². The number of aryl methyl sites for hydroxylation is 1. The van der Waals surface area contributed by atoms with E-state index in [1.54, 1.807) is 13.0 Å². The SMILES string of the molecule is CCC(=O)Nc1cc(-c2ccc(C)cc2)nn([C@H](C)C(=O)Nc2cc(Cl)c(OC)cc2OC)c1=O. The van der Waals surface area contributed by atoms with Crippen molar-refractivity contribution in [2.24, 2.45) is 0 Å². The number of methoxy groups -OCH3 is 2. The van der Waals surface area contributed by atoms with Gasteiger partial charge in [0.25, 0.3) is 5.56 Å². The molecule has 0 aliphatic carbocycles. The van der Waals surface area contributed by atoms with Crippen LogP contribution >= 0.6 is 11.6 Å². The van der Waals surface area contributed by atoms with Gasteiger partial charge in [-0.3, -0.25) is 14.4 Å². The van der Waals surface area contributed by atoms with Gasteiger partial charge in [-0.15, -0.1) is 0 Å². The van der Waals surface area contributed by atoms with Gasteiger partial charge < -0.3 is 20.1 Å². The quantitative estimate of drug-likeness (QED) is 0.475. The molecule has 0 aliphatic heterocycles. The van der Waals surface area contributed by atoms with Crippen LogP contribution in [0.5, 0.6) is 11.5 Å². The number of rotatable bonds is 8. The number of carbonyl (C=O) groups excluding carboxylic acids is 2. The maximum atomic E-state index is 13.2. The minimum Gasteiger partial charge on any atom is -0.495 e. The second kappa shape index (κ2) is 11.1. The van der Waals surface area contributed by atoms with E-state index in [2.05, 4.69) is 15.7 Å². The van der Waals surface area contributed by atoms with Crippen LogP contribution in [0, 0.1) is 6.92 Å². The number of hydrogen-bond acceptors (Lipinski definition) is 6. The highest BCUT2D eigenvalue weighted by Crippen LogP contribution is 2.36. The third-order valence-electron chi connectivity index (χ3n) is 5.36. The zero-order valence-electron chi connectivity index (χ0n) is 20.1. The summed E-state index contributed by atoms with van der Waals surface area (Å²) in [5, 5.41) is 10.0. The van der Waals surface area contributed by atoms with Crippen LogP contribution in [0.3, 0.4) is 0 Å². The predicted octanol–water partition coefficient (Wildman–Crippen LogP) is 4.44. The molecule has 0 radical (unpaired) electrons. The topological polar surface area (TPSA) is 112 Å². The number of halogens is 1. The van der Waals surface area contributed by atoms with Gasteiger partial charge >= 0.3 is 0 Å². The Morgan fingerprint density at radius 3 is 2.29 bits per heavy atom. The molecule has 2 aromatic carbocycles. The van der Waals surface area contributed by atoms with Gasteiger partial charge in [-0.2, -0.15) is 5.10 Å².